The molecule has 33 heavy (non-hydrogen) atoms. The van der Waals surface area contributed by atoms with Crippen LogP contribution in [0.1, 0.15) is 17.5 Å². The molecule has 0 aliphatic carbocycles. The van der Waals surface area contributed by atoms with E-state index in [-0.39, 0.29) is 25.0 Å². The minimum Gasteiger partial charge on any atom is -0.484 e. The Kier molecular flexibility index (Phi) is 6.21. The van der Waals surface area contributed by atoms with Gasteiger partial charge in [-0.05, 0) is 36.8 Å². The number of likely N-dealkylation sites (tertiary alicyclic amines) is 1. The van der Waals surface area contributed by atoms with Gasteiger partial charge in [0, 0.05) is 43.2 Å². The molecule has 4 rings (SSSR count). The van der Waals surface area contributed by atoms with Crippen molar-refractivity contribution in [3.63, 3.8) is 0 Å². The van der Waals surface area contributed by atoms with E-state index < -0.39 is 22.7 Å². The molecule has 0 bridgehead atoms. The number of alkyl halides is 3. The predicted molar refractivity (Wildman–Crippen MR) is 115 cm³/mol. The largest absolute Gasteiger partial charge is 0.484 e. The van der Waals surface area contributed by atoms with Crippen molar-refractivity contribution in [2.75, 3.05) is 44.3 Å². The molecule has 174 valence electrons. The zero-order valence-corrected chi connectivity index (χ0v) is 17.9. The van der Waals surface area contributed by atoms with Crippen LogP contribution >= 0.6 is 0 Å². The molecule has 2 aromatic rings. The number of rotatable bonds is 5. The number of fused-ring (bicyclic) bond motifs is 1. The lowest BCUT2D eigenvalue weighted by atomic mass is 9.73. The van der Waals surface area contributed by atoms with Crippen molar-refractivity contribution in [3.05, 3.63) is 59.7 Å². The molecule has 9 heteroatoms. The first kappa shape index (κ1) is 22.9. The van der Waals surface area contributed by atoms with Gasteiger partial charge in [-0.15, -0.1) is 0 Å². The highest BCUT2D eigenvalue weighted by atomic mass is 19.4. The molecule has 2 aliphatic heterocycles. The Morgan fingerprint density at radius 3 is 2.64 bits per heavy atom. The summed E-state index contributed by atoms with van der Waals surface area (Å²) in [5.41, 5.74) is -1.53. The van der Waals surface area contributed by atoms with Crippen LogP contribution < -0.4 is 9.64 Å². The lowest BCUT2D eigenvalue weighted by Crippen LogP contribution is -2.51. The number of aliphatic hydroxyl groups excluding tert-OH is 1. The molecule has 1 N–H and O–H groups in total. The summed E-state index contributed by atoms with van der Waals surface area (Å²) < 4.78 is 45.8. The van der Waals surface area contributed by atoms with Crippen LogP contribution in [0, 0.1) is 22.7 Å². The summed E-state index contributed by atoms with van der Waals surface area (Å²) in [6.45, 7) is 1.43. The monoisotopic (exact) mass is 459 g/mol. The number of nitriles is 1. The van der Waals surface area contributed by atoms with Gasteiger partial charge in [0.25, 0.3) is 5.91 Å². The van der Waals surface area contributed by atoms with E-state index in [0.29, 0.717) is 44.0 Å². The Bertz CT molecular complexity index is 1050. The van der Waals surface area contributed by atoms with Gasteiger partial charge >= 0.3 is 6.18 Å². The molecule has 0 radical (unpaired) electrons. The zero-order valence-electron chi connectivity index (χ0n) is 17.9. The number of carbonyl (C=O) groups excluding carboxylic acids is 1. The number of para-hydroxylation sites is 1. The summed E-state index contributed by atoms with van der Waals surface area (Å²) in [7, 11) is 0. The normalized spacial score (nSPS) is 22.6. The van der Waals surface area contributed by atoms with Gasteiger partial charge < -0.3 is 19.6 Å². The lowest BCUT2D eigenvalue weighted by molar-refractivity contribution is -0.138. The molecule has 2 heterocycles. The fourth-order valence-electron chi connectivity index (χ4n) is 4.78. The Morgan fingerprint density at radius 1 is 1.21 bits per heavy atom. The van der Waals surface area contributed by atoms with Crippen LogP contribution in [-0.4, -0.2) is 55.3 Å². The lowest BCUT2D eigenvalue weighted by Gasteiger charge is -2.42. The highest BCUT2D eigenvalue weighted by molar-refractivity contribution is 5.78. The predicted octanol–water partition coefficient (Wildman–Crippen LogP) is 3.30. The van der Waals surface area contributed by atoms with Gasteiger partial charge in [0.1, 0.15) is 5.75 Å². The van der Waals surface area contributed by atoms with Crippen LogP contribution in [0.15, 0.2) is 48.5 Å². The van der Waals surface area contributed by atoms with Crippen molar-refractivity contribution in [1.29, 1.82) is 5.26 Å². The van der Waals surface area contributed by atoms with Gasteiger partial charge in [-0.1, -0.05) is 18.2 Å². The van der Waals surface area contributed by atoms with Gasteiger partial charge in [-0.25, -0.2) is 0 Å². The minimum atomic E-state index is -4.63. The Morgan fingerprint density at radius 2 is 1.97 bits per heavy atom. The number of carbonyl (C=O) groups is 1. The van der Waals surface area contributed by atoms with Crippen LogP contribution in [0.4, 0.5) is 18.9 Å². The van der Waals surface area contributed by atoms with Crippen molar-refractivity contribution >= 4 is 11.6 Å². The minimum absolute atomic E-state index is 0.0955. The van der Waals surface area contributed by atoms with E-state index in [4.69, 9.17) is 10.00 Å². The number of hydrogen-bond donors (Lipinski definition) is 1. The summed E-state index contributed by atoms with van der Waals surface area (Å²) in [6.07, 6.45) is -4.09. The summed E-state index contributed by atoms with van der Waals surface area (Å²) in [4.78, 5) is 16.2. The Labute approximate surface area is 189 Å². The van der Waals surface area contributed by atoms with Crippen molar-refractivity contribution in [3.8, 4) is 11.8 Å². The molecule has 2 fully saturated rings. The number of benzene rings is 2. The topological polar surface area (TPSA) is 76.8 Å². The molecule has 6 nitrogen and oxygen atoms in total. The molecule has 0 saturated carbocycles. The molecule has 2 aromatic carbocycles. The number of nitrogens with zero attached hydrogens (tertiary/aromatic N) is 3. The van der Waals surface area contributed by atoms with Crippen LogP contribution in [0.2, 0.25) is 0 Å². The summed E-state index contributed by atoms with van der Waals surface area (Å²) in [5.74, 6) is 0.337. The number of piperidine rings is 1. The number of hydrogen-bond acceptors (Lipinski definition) is 5. The van der Waals surface area contributed by atoms with Crippen molar-refractivity contribution in [2.45, 2.75) is 12.6 Å². The highest BCUT2D eigenvalue weighted by Crippen LogP contribution is 2.45. The van der Waals surface area contributed by atoms with Crippen LogP contribution in [0.25, 0.3) is 0 Å². The maximum absolute atomic E-state index is 13.4. The first-order valence-corrected chi connectivity index (χ1v) is 10.7. The first-order chi connectivity index (χ1) is 15.8. The molecule has 1 amide bonds. The SMILES string of the molecule is N#Cc1ccc(N2C[C@H]3CN(C(=O)COc4ccccc4)CC[C@@]3(CO)C2)cc1C(F)(F)F. The molecular weight excluding hydrogens is 435 g/mol. The summed E-state index contributed by atoms with van der Waals surface area (Å²) in [6, 6.07) is 14.3. The molecular formula is C24H24F3N3O3. The van der Waals surface area contributed by atoms with Crippen molar-refractivity contribution in [2.24, 2.45) is 11.3 Å². The average Bonchev–Trinajstić information content (AvgIpc) is 3.21. The molecule has 0 unspecified atom stereocenters. The third kappa shape index (κ3) is 4.62. The molecule has 2 saturated heterocycles. The van der Waals surface area contributed by atoms with Gasteiger partial charge in [-0.3, -0.25) is 4.79 Å². The van der Waals surface area contributed by atoms with E-state index in [0.717, 1.165) is 6.07 Å². The van der Waals surface area contributed by atoms with Crippen LogP contribution in [0.5, 0.6) is 5.75 Å². The fraction of sp³-hybridized carbons (Fsp3) is 0.417. The maximum Gasteiger partial charge on any atom is 0.417 e. The zero-order chi connectivity index (χ0) is 23.6. The second-order valence-electron chi connectivity index (χ2n) is 8.63. The van der Waals surface area contributed by atoms with E-state index >= 15 is 0 Å². The number of aliphatic hydroxyl groups is 1. The summed E-state index contributed by atoms with van der Waals surface area (Å²) in [5, 5.41) is 19.2. The van der Waals surface area contributed by atoms with E-state index in [1.54, 1.807) is 23.1 Å². The van der Waals surface area contributed by atoms with Crippen LogP contribution in [0.3, 0.4) is 0 Å². The van der Waals surface area contributed by atoms with E-state index in [1.807, 2.05) is 23.1 Å². The Balaban J connectivity index is 1.47. The second kappa shape index (κ2) is 8.94. The summed E-state index contributed by atoms with van der Waals surface area (Å²) >= 11 is 0. The second-order valence-corrected chi connectivity index (χ2v) is 8.63. The smallest absolute Gasteiger partial charge is 0.417 e. The van der Waals surface area contributed by atoms with Crippen molar-refractivity contribution < 1.29 is 27.8 Å². The quantitative estimate of drug-likeness (QED) is 0.743. The number of amides is 1. The Hall–Kier alpha value is -3.25. The van der Waals surface area contributed by atoms with E-state index in [9.17, 15) is 23.1 Å². The fourth-order valence-corrected chi connectivity index (χ4v) is 4.78. The molecule has 2 atom stereocenters. The number of anilines is 1. The highest BCUT2D eigenvalue weighted by Gasteiger charge is 2.50. The maximum atomic E-state index is 13.4. The molecule has 2 aliphatic rings. The molecule has 0 aromatic heterocycles. The number of halogens is 3. The van der Waals surface area contributed by atoms with Gasteiger partial charge in [0.15, 0.2) is 6.61 Å². The van der Waals surface area contributed by atoms with Gasteiger partial charge in [0.2, 0.25) is 0 Å². The van der Waals surface area contributed by atoms with Crippen LogP contribution in [-0.2, 0) is 11.0 Å². The van der Waals surface area contributed by atoms with Gasteiger partial charge in [0.05, 0.1) is 23.8 Å². The van der Waals surface area contributed by atoms with E-state index in [2.05, 4.69) is 0 Å². The third-order valence-electron chi connectivity index (χ3n) is 6.70. The van der Waals surface area contributed by atoms with Crippen molar-refractivity contribution in [1.82, 2.24) is 4.90 Å². The first-order valence-electron chi connectivity index (χ1n) is 10.7. The molecule has 0 spiro atoms. The average molecular weight is 459 g/mol. The number of ether oxygens (including phenoxy) is 1. The standard InChI is InChI=1S/C24H24F3N3O3/c25-24(26,27)21-10-19(7-6-17(21)11-28)30-13-18-12-29(9-8-23(18,15-30)16-31)22(32)14-33-20-4-2-1-3-5-20/h1-7,10,18,31H,8-9,12-16H2/t18-,23+/m1/s1. The third-order valence-corrected chi connectivity index (χ3v) is 6.70. The van der Waals surface area contributed by atoms with E-state index in [1.165, 1.54) is 12.1 Å². The van der Waals surface area contributed by atoms with Gasteiger partial charge in [-0.2, -0.15) is 18.4 Å².